The highest BCUT2D eigenvalue weighted by atomic mass is 16.6. The normalized spacial score (nSPS) is 10.4. The fourth-order valence-corrected chi connectivity index (χ4v) is 1.00. The lowest BCUT2D eigenvalue weighted by molar-refractivity contribution is -0.418. The molecule has 0 fully saturated rings. The van der Waals surface area contributed by atoms with E-state index in [2.05, 4.69) is 10.6 Å². The number of benzene rings is 1. The first kappa shape index (κ1) is 15.6. The van der Waals surface area contributed by atoms with Crippen LogP contribution in [0.1, 0.15) is 6.92 Å². The number of nitro groups is 1. The third-order valence-corrected chi connectivity index (χ3v) is 2.13. The molecule has 1 aromatic carbocycles. The monoisotopic (exact) mass is 251 g/mol. The minimum atomic E-state index is -0.723. The number of aldehydes is 1. The molecule has 2 N–H and O–H groups in total. The summed E-state index contributed by atoms with van der Waals surface area (Å²) in [6.45, 7) is 1.46. The maximum Gasteiger partial charge on any atom is 0.327 e. The average Bonchev–Trinajstić information content (AvgIpc) is 2.40. The van der Waals surface area contributed by atoms with Gasteiger partial charge in [-0.25, -0.2) is 0 Å². The van der Waals surface area contributed by atoms with Crippen LogP contribution in [-0.4, -0.2) is 25.3 Å². The van der Waals surface area contributed by atoms with E-state index in [9.17, 15) is 14.9 Å². The lowest BCUT2D eigenvalue weighted by atomic mass is 10.3. The zero-order valence-corrected chi connectivity index (χ0v) is 10.6. The van der Waals surface area contributed by atoms with Crippen LogP contribution in [0.15, 0.2) is 41.7 Å². The number of para-hydroxylation sites is 1. The lowest BCUT2D eigenvalue weighted by Crippen LogP contribution is -2.12. The van der Waals surface area contributed by atoms with E-state index in [4.69, 9.17) is 0 Å². The topological polar surface area (TPSA) is 84.3 Å². The first-order chi connectivity index (χ1) is 8.56. The summed E-state index contributed by atoms with van der Waals surface area (Å²) in [5.41, 5.74) is 0.995. The molecule has 0 heterocycles. The van der Waals surface area contributed by atoms with Crippen LogP contribution >= 0.6 is 0 Å². The van der Waals surface area contributed by atoms with E-state index in [0.29, 0.717) is 0 Å². The summed E-state index contributed by atoms with van der Waals surface area (Å²) in [4.78, 5) is 19.3. The molecule has 0 aromatic heterocycles. The lowest BCUT2D eigenvalue weighted by Gasteiger charge is -1.95. The number of carbonyl (C=O) groups excluding carboxylic acids is 1. The standard InChI is InChI=1S/C7H9N.C5H8N2O3/c1-8-7-5-3-2-4-6-7;1-4(6-2)5(3-8)7(9)10/h2-6,8H,1H3;3,6H,1-2H3/b;5-4+. The fraction of sp³-hybridized carbons (Fsp3) is 0.250. The zero-order chi connectivity index (χ0) is 14.0. The van der Waals surface area contributed by atoms with E-state index in [-0.39, 0.29) is 12.0 Å². The Bertz CT molecular complexity index is 416. The number of rotatable bonds is 4. The Hall–Kier alpha value is -2.37. The van der Waals surface area contributed by atoms with Gasteiger partial charge in [0.2, 0.25) is 6.29 Å². The van der Waals surface area contributed by atoms with Gasteiger partial charge in [-0.3, -0.25) is 14.9 Å². The van der Waals surface area contributed by atoms with E-state index < -0.39 is 10.6 Å². The number of nitrogens with zero attached hydrogens (tertiary/aromatic N) is 1. The van der Waals surface area contributed by atoms with Gasteiger partial charge in [0.15, 0.2) is 0 Å². The van der Waals surface area contributed by atoms with Gasteiger partial charge >= 0.3 is 5.70 Å². The minimum Gasteiger partial charge on any atom is -0.388 e. The van der Waals surface area contributed by atoms with E-state index in [1.807, 2.05) is 37.4 Å². The van der Waals surface area contributed by atoms with E-state index >= 15 is 0 Å². The summed E-state index contributed by atoms with van der Waals surface area (Å²) in [5, 5.41) is 15.5. The molecule has 1 rings (SSSR count). The summed E-state index contributed by atoms with van der Waals surface area (Å²) in [6, 6.07) is 10.1. The third kappa shape index (κ3) is 5.64. The van der Waals surface area contributed by atoms with Gasteiger partial charge in [-0.05, 0) is 19.1 Å². The molecular weight excluding hydrogens is 234 g/mol. The van der Waals surface area contributed by atoms with E-state index in [1.54, 1.807) is 0 Å². The summed E-state index contributed by atoms with van der Waals surface area (Å²) >= 11 is 0. The Labute approximate surface area is 106 Å². The third-order valence-electron chi connectivity index (χ3n) is 2.13. The smallest absolute Gasteiger partial charge is 0.327 e. The second-order valence-corrected chi connectivity index (χ2v) is 3.25. The number of nitrogens with one attached hydrogen (secondary N) is 2. The second-order valence-electron chi connectivity index (χ2n) is 3.25. The van der Waals surface area contributed by atoms with Crippen molar-refractivity contribution in [3.63, 3.8) is 0 Å². The van der Waals surface area contributed by atoms with Crippen molar-refractivity contribution in [2.75, 3.05) is 19.4 Å². The molecule has 0 saturated carbocycles. The van der Waals surface area contributed by atoms with Crippen molar-refractivity contribution in [1.29, 1.82) is 0 Å². The number of hydrogen-bond donors (Lipinski definition) is 2. The minimum absolute atomic E-state index is 0.214. The van der Waals surface area contributed by atoms with Crippen LogP contribution in [0.4, 0.5) is 5.69 Å². The quantitative estimate of drug-likeness (QED) is 0.368. The Morgan fingerprint density at radius 2 is 1.83 bits per heavy atom. The molecule has 6 heteroatoms. The molecule has 0 amide bonds. The van der Waals surface area contributed by atoms with Crippen LogP contribution in [0.5, 0.6) is 0 Å². The predicted molar refractivity (Wildman–Crippen MR) is 70.8 cm³/mol. The van der Waals surface area contributed by atoms with Crippen LogP contribution in [0, 0.1) is 10.1 Å². The van der Waals surface area contributed by atoms with Gasteiger partial charge in [-0.15, -0.1) is 0 Å². The summed E-state index contributed by atoms with van der Waals surface area (Å²) in [6.07, 6.45) is 0.214. The largest absolute Gasteiger partial charge is 0.388 e. The molecule has 6 nitrogen and oxygen atoms in total. The average molecular weight is 251 g/mol. The molecule has 0 radical (unpaired) electrons. The molecular formula is C12H17N3O3. The van der Waals surface area contributed by atoms with Crippen LogP contribution < -0.4 is 10.6 Å². The molecule has 0 unspecified atom stereocenters. The van der Waals surface area contributed by atoms with Gasteiger partial charge in [0.25, 0.3) is 0 Å². The SMILES string of the molecule is CN/C(C)=C(\C=O)[N+](=O)[O-].CNc1ccccc1. The maximum atomic E-state index is 10.0. The summed E-state index contributed by atoms with van der Waals surface area (Å²) < 4.78 is 0. The summed E-state index contributed by atoms with van der Waals surface area (Å²) in [5.74, 6) is 0. The van der Waals surface area contributed by atoms with Crippen LogP contribution in [0.3, 0.4) is 0 Å². The molecule has 1 aromatic rings. The van der Waals surface area contributed by atoms with Crippen molar-refractivity contribution in [2.45, 2.75) is 6.92 Å². The molecule has 0 aliphatic rings. The zero-order valence-electron chi connectivity index (χ0n) is 10.6. The number of carbonyl (C=O) groups is 1. The van der Waals surface area contributed by atoms with E-state index in [1.165, 1.54) is 14.0 Å². The van der Waals surface area contributed by atoms with Gasteiger partial charge in [-0.2, -0.15) is 0 Å². The molecule has 0 saturated heterocycles. The van der Waals surface area contributed by atoms with Gasteiger partial charge in [0.1, 0.15) is 0 Å². The highest BCUT2D eigenvalue weighted by molar-refractivity contribution is 5.70. The molecule has 0 bridgehead atoms. The molecule has 18 heavy (non-hydrogen) atoms. The molecule has 0 aliphatic heterocycles. The molecule has 0 spiro atoms. The highest BCUT2D eigenvalue weighted by Gasteiger charge is 2.11. The fourth-order valence-electron chi connectivity index (χ4n) is 1.00. The van der Waals surface area contributed by atoms with Crippen molar-refractivity contribution in [2.24, 2.45) is 0 Å². The number of anilines is 1. The van der Waals surface area contributed by atoms with Crippen molar-refractivity contribution in [1.82, 2.24) is 5.32 Å². The van der Waals surface area contributed by atoms with Crippen molar-refractivity contribution < 1.29 is 9.72 Å². The predicted octanol–water partition coefficient (Wildman–Crippen LogP) is 1.64. The molecule has 0 atom stereocenters. The van der Waals surface area contributed by atoms with Crippen LogP contribution in [0.25, 0.3) is 0 Å². The first-order valence-electron chi connectivity index (χ1n) is 5.27. The van der Waals surface area contributed by atoms with Gasteiger partial charge in [-0.1, -0.05) is 18.2 Å². The Kier molecular flexibility index (Phi) is 7.59. The van der Waals surface area contributed by atoms with Gasteiger partial charge in [0, 0.05) is 19.8 Å². The Balaban J connectivity index is 0.000000327. The summed E-state index contributed by atoms with van der Waals surface area (Å²) in [7, 11) is 3.43. The first-order valence-corrected chi connectivity index (χ1v) is 5.27. The maximum absolute atomic E-state index is 10.0. The molecule has 0 aliphatic carbocycles. The molecule has 98 valence electrons. The van der Waals surface area contributed by atoms with Gasteiger partial charge < -0.3 is 10.6 Å². The highest BCUT2D eigenvalue weighted by Crippen LogP contribution is 2.01. The van der Waals surface area contributed by atoms with E-state index in [0.717, 1.165) is 5.69 Å². The Morgan fingerprint density at radius 1 is 1.28 bits per heavy atom. The Morgan fingerprint density at radius 3 is 2.06 bits per heavy atom. The number of hydrogen-bond acceptors (Lipinski definition) is 5. The van der Waals surface area contributed by atoms with Crippen LogP contribution in [0.2, 0.25) is 0 Å². The van der Waals surface area contributed by atoms with Crippen molar-refractivity contribution in [3.8, 4) is 0 Å². The van der Waals surface area contributed by atoms with Crippen LogP contribution in [-0.2, 0) is 4.79 Å². The van der Waals surface area contributed by atoms with Crippen molar-refractivity contribution in [3.05, 3.63) is 51.8 Å². The van der Waals surface area contributed by atoms with Crippen molar-refractivity contribution >= 4 is 12.0 Å². The van der Waals surface area contributed by atoms with Gasteiger partial charge in [0.05, 0.1) is 10.6 Å². The second kappa shape index (κ2) is 8.74. The number of allylic oxidation sites excluding steroid dienone is 2.